The summed E-state index contributed by atoms with van der Waals surface area (Å²) < 4.78 is 6.26. The predicted molar refractivity (Wildman–Crippen MR) is 97.5 cm³/mol. The first-order valence-electron chi connectivity index (χ1n) is 7.48. The van der Waals surface area contributed by atoms with Crippen LogP contribution in [0.25, 0.3) is 10.2 Å². The quantitative estimate of drug-likeness (QED) is 0.764. The van der Waals surface area contributed by atoms with Crippen molar-refractivity contribution in [1.82, 2.24) is 4.98 Å². The Balaban J connectivity index is 1.52. The van der Waals surface area contributed by atoms with E-state index in [1.807, 2.05) is 6.07 Å². The van der Waals surface area contributed by atoms with Gasteiger partial charge in [-0.3, -0.25) is 14.5 Å². The van der Waals surface area contributed by atoms with Crippen LogP contribution in [0.2, 0.25) is 5.02 Å². The number of nitrogens with zero attached hydrogens (tertiary/aromatic N) is 2. The number of halogens is 1. The van der Waals surface area contributed by atoms with E-state index in [2.05, 4.69) is 10.3 Å². The van der Waals surface area contributed by atoms with Crippen LogP contribution >= 0.6 is 22.9 Å². The average molecular weight is 374 g/mol. The van der Waals surface area contributed by atoms with Gasteiger partial charge >= 0.3 is 0 Å². The Morgan fingerprint density at radius 3 is 3.04 bits per heavy atom. The molecule has 25 heavy (non-hydrogen) atoms. The fraction of sp³-hybridized carbons (Fsp3) is 0.118. The molecule has 8 heteroatoms. The normalized spacial score (nSPS) is 13.5. The molecule has 1 N–H and O–H groups in total. The number of benzene rings is 2. The number of carbonyl (C=O) groups is 2. The number of para-hydroxylation sites is 2. The van der Waals surface area contributed by atoms with Gasteiger partial charge in [-0.1, -0.05) is 35.1 Å². The maximum atomic E-state index is 12.4. The summed E-state index contributed by atoms with van der Waals surface area (Å²) in [5, 5.41) is 3.82. The highest BCUT2D eigenvalue weighted by atomic mass is 35.5. The first-order chi connectivity index (χ1) is 12.1. The molecule has 0 unspecified atom stereocenters. The van der Waals surface area contributed by atoms with E-state index in [1.165, 1.54) is 16.2 Å². The number of anilines is 2. The van der Waals surface area contributed by atoms with Gasteiger partial charge in [0, 0.05) is 5.02 Å². The number of ether oxygens (including phenoxy) is 1. The third-order valence-electron chi connectivity index (χ3n) is 3.71. The van der Waals surface area contributed by atoms with Crippen LogP contribution in [0, 0.1) is 0 Å². The molecule has 1 aromatic heterocycles. The number of rotatable bonds is 3. The number of thiazole rings is 1. The van der Waals surface area contributed by atoms with Gasteiger partial charge in [-0.05, 0) is 30.3 Å². The van der Waals surface area contributed by atoms with Crippen LogP contribution in [-0.2, 0) is 9.59 Å². The van der Waals surface area contributed by atoms with E-state index in [0.717, 1.165) is 10.2 Å². The van der Waals surface area contributed by atoms with Crippen LogP contribution in [0.3, 0.4) is 0 Å². The van der Waals surface area contributed by atoms with Crippen molar-refractivity contribution in [3.8, 4) is 5.75 Å². The fourth-order valence-electron chi connectivity index (χ4n) is 2.58. The topological polar surface area (TPSA) is 71.5 Å². The van der Waals surface area contributed by atoms with Crippen LogP contribution in [0.4, 0.5) is 10.8 Å². The van der Waals surface area contributed by atoms with Crippen molar-refractivity contribution in [3.05, 3.63) is 47.5 Å². The molecule has 4 rings (SSSR count). The molecule has 2 amide bonds. The average Bonchev–Trinajstić information content (AvgIpc) is 2.98. The molecule has 3 aromatic rings. The Hall–Kier alpha value is -2.64. The third-order valence-corrected chi connectivity index (χ3v) is 4.88. The van der Waals surface area contributed by atoms with Gasteiger partial charge in [-0.25, -0.2) is 4.98 Å². The van der Waals surface area contributed by atoms with Crippen molar-refractivity contribution in [2.24, 2.45) is 0 Å². The van der Waals surface area contributed by atoms with E-state index < -0.39 is 0 Å². The zero-order valence-corrected chi connectivity index (χ0v) is 14.4. The summed E-state index contributed by atoms with van der Waals surface area (Å²) in [4.78, 5) is 30.3. The van der Waals surface area contributed by atoms with Crippen LogP contribution in [0.1, 0.15) is 0 Å². The molecule has 6 nitrogen and oxygen atoms in total. The van der Waals surface area contributed by atoms with Crippen LogP contribution in [0.5, 0.6) is 5.75 Å². The van der Waals surface area contributed by atoms with E-state index >= 15 is 0 Å². The zero-order valence-electron chi connectivity index (χ0n) is 12.9. The summed E-state index contributed by atoms with van der Waals surface area (Å²) in [6.45, 7) is -0.181. The lowest BCUT2D eigenvalue weighted by atomic mass is 10.2. The number of fused-ring (bicyclic) bond motifs is 2. The molecule has 0 atom stereocenters. The molecule has 0 saturated carbocycles. The van der Waals surface area contributed by atoms with Crippen molar-refractivity contribution < 1.29 is 14.3 Å². The van der Waals surface area contributed by atoms with E-state index in [9.17, 15) is 9.59 Å². The maximum absolute atomic E-state index is 12.4. The molecule has 2 heterocycles. The Bertz CT molecular complexity index is 988. The van der Waals surface area contributed by atoms with E-state index in [-0.39, 0.29) is 25.0 Å². The molecule has 0 fully saturated rings. The molecule has 0 aliphatic carbocycles. The van der Waals surface area contributed by atoms with Crippen molar-refractivity contribution >= 4 is 55.8 Å². The van der Waals surface area contributed by atoms with Crippen molar-refractivity contribution in [3.63, 3.8) is 0 Å². The second kappa shape index (κ2) is 6.34. The monoisotopic (exact) mass is 373 g/mol. The predicted octanol–water partition coefficient (Wildman–Crippen LogP) is 3.31. The highest BCUT2D eigenvalue weighted by Crippen LogP contribution is 2.32. The van der Waals surface area contributed by atoms with Crippen molar-refractivity contribution in [2.45, 2.75) is 0 Å². The van der Waals surface area contributed by atoms with E-state index in [1.54, 1.807) is 36.4 Å². The molecule has 126 valence electrons. The Morgan fingerprint density at radius 1 is 1.32 bits per heavy atom. The Labute approximate surface area is 152 Å². The van der Waals surface area contributed by atoms with Gasteiger partial charge in [0.2, 0.25) is 5.91 Å². The molecule has 0 radical (unpaired) electrons. The first-order valence-corrected chi connectivity index (χ1v) is 8.68. The lowest BCUT2D eigenvalue weighted by molar-refractivity contribution is -0.123. The molecular weight excluding hydrogens is 362 g/mol. The zero-order chi connectivity index (χ0) is 17.4. The number of hydrogen-bond acceptors (Lipinski definition) is 5. The van der Waals surface area contributed by atoms with Crippen molar-refractivity contribution in [1.29, 1.82) is 0 Å². The summed E-state index contributed by atoms with van der Waals surface area (Å²) in [5.74, 6) is 0.00432. The molecule has 0 saturated heterocycles. The number of amides is 2. The fourth-order valence-corrected chi connectivity index (χ4v) is 3.74. The summed E-state index contributed by atoms with van der Waals surface area (Å²) >= 11 is 7.29. The van der Waals surface area contributed by atoms with Crippen LogP contribution in [0.15, 0.2) is 42.5 Å². The minimum atomic E-state index is -0.324. The van der Waals surface area contributed by atoms with Crippen molar-refractivity contribution in [2.75, 3.05) is 23.4 Å². The summed E-state index contributed by atoms with van der Waals surface area (Å²) in [6, 6.07) is 12.5. The Kier molecular flexibility index (Phi) is 4.03. The molecule has 2 aromatic carbocycles. The van der Waals surface area contributed by atoms with Crippen LogP contribution < -0.4 is 15.0 Å². The highest BCUT2D eigenvalue weighted by molar-refractivity contribution is 7.22. The first kappa shape index (κ1) is 15.9. The standard InChI is InChI=1S/C17H12ClN3O3S/c18-10-5-6-11-14(7-10)25-17(19-11)20-15(22)8-21-12-3-1-2-4-13(12)24-9-16(21)23/h1-7H,8-9H2,(H,19,20,22). The molecule has 0 spiro atoms. The van der Waals surface area contributed by atoms with Gasteiger partial charge in [0.25, 0.3) is 5.91 Å². The van der Waals surface area contributed by atoms with Gasteiger partial charge in [0.1, 0.15) is 12.3 Å². The lowest BCUT2D eigenvalue weighted by Gasteiger charge is -2.28. The third kappa shape index (κ3) is 3.16. The van der Waals surface area contributed by atoms with Gasteiger partial charge in [0.15, 0.2) is 11.7 Å². The van der Waals surface area contributed by atoms with Gasteiger partial charge in [-0.15, -0.1) is 0 Å². The van der Waals surface area contributed by atoms with Gasteiger partial charge in [0.05, 0.1) is 15.9 Å². The number of hydrogen-bond donors (Lipinski definition) is 1. The summed E-state index contributed by atoms with van der Waals surface area (Å²) in [5.41, 5.74) is 1.35. The second-order valence-electron chi connectivity index (χ2n) is 5.42. The largest absolute Gasteiger partial charge is 0.482 e. The summed E-state index contributed by atoms with van der Waals surface area (Å²) in [6.07, 6.45) is 0. The number of aromatic nitrogens is 1. The molecular formula is C17H12ClN3O3S. The van der Waals surface area contributed by atoms with E-state index in [4.69, 9.17) is 16.3 Å². The second-order valence-corrected chi connectivity index (χ2v) is 6.88. The van der Waals surface area contributed by atoms with Gasteiger partial charge < -0.3 is 10.1 Å². The SMILES string of the molecule is O=C(CN1C(=O)COc2ccccc21)Nc1nc2ccc(Cl)cc2s1. The number of nitrogens with one attached hydrogen (secondary N) is 1. The maximum Gasteiger partial charge on any atom is 0.265 e. The molecule has 0 bridgehead atoms. The minimum Gasteiger partial charge on any atom is -0.482 e. The Morgan fingerprint density at radius 2 is 2.16 bits per heavy atom. The highest BCUT2D eigenvalue weighted by Gasteiger charge is 2.27. The minimum absolute atomic E-state index is 0.0794. The number of carbonyl (C=O) groups excluding carboxylic acids is 2. The van der Waals surface area contributed by atoms with E-state index in [0.29, 0.717) is 21.6 Å². The smallest absolute Gasteiger partial charge is 0.265 e. The van der Waals surface area contributed by atoms with Gasteiger partial charge in [-0.2, -0.15) is 0 Å². The molecule has 1 aliphatic heterocycles. The summed E-state index contributed by atoms with van der Waals surface area (Å²) in [7, 11) is 0. The van der Waals surface area contributed by atoms with Crippen LogP contribution in [-0.4, -0.2) is 29.9 Å². The lowest BCUT2D eigenvalue weighted by Crippen LogP contribution is -2.43. The molecule has 1 aliphatic rings.